The third-order valence-electron chi connectivity index (χ3n) is 5.22. The molecule has 0 spiro atoms. The fourth-order valence-electron chi connectivity index (χ4n) is 3.39. The minimum Gasteiger partial charge on any atom is -0.497 e. The summed E-state index contributed by atoms with van der Waals surface area (Å²) >= 11 is 0. The molecule has 186 valence electrons. The molecule has 0 aliphatic carbocycles. The Labute approximate surface area is 205 Å². The molecular formula is C25H28N2O7S. The van der Waals surface area contributed by atoms with Crippen LogP contribution in [0.5, 0.6) is 23.0 Å². The molecule has 3 aromatic carbocycles. The molecule has 35 heavy (non-hydrogen) atoms. The van der Waals surface area contributed by atoms with E-state index in [0.29, 0.717) is 22.9 Å². The lowest BCUT2D eigenvalue weighted by molar-refractivity contribution is -0.114. The number of amides is 1. The first-order chi connectivity index (χ1) is 16.7. The fraction of sp³-hybridized carbons (Fsp3) is 0.240. The van der Waals surface area contributed by atoms with Crippen LogP contribution in [-0.4, -0.2) is 49.3 Å². The number of anilines is 2. The average Bonchev–Trinajstić information content (AvgIpc) is 2.87. The number of ether oxygens (including phenoxy) is 4. The number of benzene rings is 3. The quantitative estimate of drug-likeness (QED) is 0.451. The molecule has 10 heteroatoms. The van der Waals surface area contributed by atoms with Crippen molar-refractivity contribution >= 4 is 27.3 Å². The topological polar surface area (TPSA) is 103 Å². The number of nitrogens with one attached hydrogen (secondary N) is 1. The number of aryl methyl sites for hydroxylation is 1. The van der Waals surface area contributed by atoms with Crippen molar-refractivity contribution in [2.45, 2.75) is 11.8 Å². The van der Waals surface area contributed by atoms with Crippen LogP contribution in [0.1, 0.15) is 5.56 Å². The van der Waals surface area contributed by atoms with Crippen LogP contribution in [0.3, 0.4) is 0 Å². The highest BCUT2D eigenvalue weighted by Crippen LogP contribution is 2.33. The molecule has 0 aliphatic heterocycles. The molecule has 0 saturated carbocycles. The molecule has 0 unspecified atom stereocenters. The van der Waals surface area contributed by atoms with Crippen molar-refractivity contribution < 1.29 is 32.2 Å². The van der Waals surface area contributed by atoms with Gasteiger partial charge in [0.1, 0.15) is 34.4 Å². The van der Waals surface area contributed by atoms with Crippen LogP contribution in [0, 0.1) is 6.92 Å². The molecule has 3 rings (SSSR count). The third-order valence-corrected chi connectivity index (χ3v) is 7.01. The van der Waals surface area contributed by atoms with E-state index >= 15 is 0 Å². The smallest absolute Gasteiger partial charge is 0.268 e. The van der Waals surface area contributed by atoms with Gasteiger partial charge in [-0.1, -0.05) is 6.07 Å². The highest BCUT2D eigenvalue weighted by atomic mass is 32.2. The second-order valence-corrected chi connectivity index (χ2v) is 9.31. The Morgan fingerprint density at radius 1 is 0.800 bits per heavy atom. The molecule has 0 saturated heterocycles. The summed E-state index contributed by atoms with van der Waals surface area (Å²) in [4.78, 5) is 13.0. The van der Waals surface area contributed by atoms with Gasteiger partial charge in [-0.25, -0.2) is 8.42 Å². The summed E-state index contributed by atoms with van der Waals surface area (Å²) in [5.41, 5.74) is 1.39. The van der Waals surface area contributed by atoms with Crippen LogP contribution in [0.25, 0.3) is 0 Å². The monoisotopic (exact) mass is 500 g/mol. The summed E-state index contributed by atoms with van der Waals surface area (Å²) in [6, 6.07) is 16.1. The summed E-state index contributed by atoms with van der Waals surface area (Å²) in [6.07, 6.45) is 0. The Kier molecular flexibility index (Phi) is 8.08. The minimum absolute atomic E-state index is 0.0503. The second kappa shape index (κ2) is 11.0. The number of rotatable bonds is 10. The second-order valence-electron chi connectivity index (χ2n) is 7.48. The van der Waals surface area contributed by atoms with Crippen molar-refractivity contribution in [3.8, 4) is 23.0 Å². The molecular weight excluding hydrogens is 472 g/mol. The van der Waals surface area contributed by atoms with Gasteiger partial charge in [0, 0.05) is 6.07 Å². The van der Waals surface area contributed by atoms with E-state index in [1.807, 2.05) is 0 Å². The minimum atomic E-state index is -4.20. The first kappa shape index (κ1) is 25.7. The number of carbonyl (C=O) groups is 1. The zero-order valence-electron chi connectivity index (χ0n) is 20.2. The van der Waals surface area contributed by atoms with Gasteiger partial charge < -0.3 is 24.3 Å². The van der Waals surface area contributed by atoms with Crippen molar-refractivity contribution in [3.05, 3.63) is 66.2 Å². The first-order valence-corrected chi connectivity index (χ1v) is 12.0. The number of methoxy groups -OCH3 is 4. The number of carbonyl (C=O) groups excluding carboxylic acids is 1. The van der Waals surface area contributed by atoms with Gasteiger partial charge in [0.15, 0.2) is 0 Å². The van der Waals surface area contributed by atoms with E-state index in [-0.39, 0.29) is 16.3 Å². The molecule has 0 aliphatic rings. The van der Waals surface area contributed by atoms with E-state index in [9.17, 15) is 13.2 Å². The van der Waals surface area contributed by atoms with Gasteiger partial charge in [-0.05, 0) is 61.0 Å². The zero-order valence-corrected chi connectivity index (χ0v) is 21.0. The molecule has 0 fully saturated rings. The molecule has 9 nitrogen and oxygen atoms in total. The highest BCUT2D eigenvalue weighted by molar-refractivity contribution is 7.93. The third kappa shape index (κ3) is 5.78. The van der Waals surface area contributed by atoms with Gasteiger partial charge in [0.25, 0.3) is 10.0 Å². The molecule has 0 aromatic heterocycles. The fourth-order valence-corrected chi connectivity index (χ4v) is 5.05. The summed E-state index contributed by atoms with van der Waals surface area (Å²) in [5, 5.41) is 2.72. The lowest BCUT2D eigenvalue weighted by Crippen LogP contribution is -2.38. The van der Waals surface area contributed by atoms with Crippen molar-refractivity contribution in [2.75, 3.05) is 44.6 Å². The van der Waals surface area contributed by atoms with Crippen molar-refractivity contribution in [1.82, 2.24) is 0 Å². The summed E-state index contributed by atoms with van der Waals surface area (Å²) in [5.74, 6) is 1.07. The number of hydrogen-bond acceptors (Lipinski definition) is 7. The molecule has 0 heterocycles. The Balaban J connectivity index is 2.01. The maximum atomic E-state index is 13.8. The highest BCUT2D eigenvalue weighted by Gasteiger charge is 2.30. The van der Waals surface area contributed by atoms with E-state index in [1.54, 1.807) is 61.5 Å². The summed E-state index contributed by atoms with van der Waals surface area (Å²) < 4.78 is 49.6. The predicted molar refractivity (Wildman–Crippen MR) is 133 cm³/mol. The Morgan fingerprint density at radius 3 is 2.03 bits per heavy atom. The van der Waals surface area contributed by atoms with Crippen LogP contribution in [0.2, 0.25) is 0 Å². The molecule has 3 aromatic rings. The predicted octanol–water partition coefficient (Wildman–Crippen LogP) is 3.86. The summed E-state index contributed by atoms with van der Waals surface area (Å²) in [7, 11) is 1.69. The number of nitrogens with zero attached hydrogens (tertiary/aromatic N) is 1. The maximum Gasteiger partial charge on any atom is 0.268 e. The number of sulfonamides is 1. The van der Waals surface area contributed by atoms with E-state index in [0.717, 1.165) is 9.87 Å². The van der Waals surface area contributed by atoms with E-state index in [2.05, 4.69) is 5.32 Å². The Bertz CT molecular complexity index is 1290. The zero-order chi connectivity index (χ0) is 25.6. The standard InChI is InChI=1S/C25H28N2O7S/c1-17-6-13-22(33-4)24(14-17)35(29,30)27(18-7-9-19(31-2)10-8-18)16-25(28)26-21-12-11-20(32-3)15-23(21)34-5/h6-15H,16H2,1-5H3,(H,26,28). The SMILES string of the molecule is COc1ccc(N(CC(=O)Nc2ccc(OC)cc2OC)S(=O)(=O)c2cc(C)ccc2OC)cc1. The van der Waals surface area contributed by atoms with Gasteiger partial charge in [-0.2, -0.15) is 0 Å². The molecule has 1 N–H and O–H groups in total. The van der Waals surface area contributed by atoms with Gasteiger partial charge in [-0.15, -0.1) is 0 Å². The van der Waals surface area contributed by atoms with E-state index < -0.39 is 22.5 Å². The van der Waals surface area contributed by atoms with Crippen LogP contribution in [0.4, 0.5) is 11.4 Å². The van der Waals surface area contributed by atoms with Gasteiger partial charge >= 0.3 is 0 Å². The van der Waals surface area contributed by atoms with Crippen LogP contribution >= 0.6 is 0 Å². The van der Waals surface area contributed by atoms with Crippen molar-refractivity contribution in [1.29, 1.82) is 0 Å². The van der Waals surface area contributed by atoms with Crippen LogP contribution in [-0.2, 0) is 14.8 Å². The Morgan fingerprint density at radius 2 is 1.43 bits per heavy atom. The van der Waals surface area contributed by atoms with Crippen molar-refractivity contribution in [2.24, 2.45) is 0 Å². The first-order valence-electron chi connectivity index (χ1n) is 10.6. The van der Waals surface area contributed by atoms with Crippen molar-refractivity contribution in [3.63, 3.8) is 0 Å². The van der Waals surface area contributed by atoms with Gasteiger partial charge in [0.05, 0.1) is 39.8 Å². The largest absolute Gasteiger partial charge is 0.497 e. The molecule has 0 bridgehead atoms. The molecule has 0 atom stereocenters. The van der Waals surface area contributed by atoms with E-state index in [4.69, 9.17) is 18.9 Å². The maximum absolute atomic E-state index is 13.8. The Hall–Kier alpha value is -3.92. The van der Waals surface area contributed by atoms with Crippen LogP contribution < -0.4 is 28.6 Å². The van der Waals surface area contributed by atoms with Crippen LogP contribution in [0.15, 0.2) is 65.6 Å². The number of hydrogen-bond donors (Lipinski definition) is 1. The molecule has 0 radical (unpaired) electrons. The normalized spacial score (nSPS) is 10.9. The molecule has 1 amide bonds. The van der Waals surface area contributed by atoms with Gasteiger partial charge in [-0.3, -0.25) is 9.10 Å². The lowest BCUT2D eigenvalue weighted by Gasteiger charge is -2.25. The summed E-state index contributed by atoms with van der Waals surface area (Å²) in [6.45, 7) is 1.28. The van der Waals surface area contributed by atoms with E-state index in [1.165, 1.54) is 34.5 Å². The average molecular weight is 501 g/mol. The lowest BCUT2D eigenvalue weighted by atomic mass is 10.2. The van der Waals surface area contributed by atoms with Gasteiger partial charge in [0.2, 0.25) is 5.91 Å².